The third kappa shape index (κ3) is 4.36. The Kier molecular flexibility index (Phi) is 6.04. The highest BCUT2D eigenvalue weighted by Gasteiger charge is 2.19. The van der Waals surface area contributed by atoms with Gasteiger partial charge in [-0.05, 0) is 60.9 Å². The summed E-state index contributed by atoms with van der Waals surface area (Å²) >= 11 is 12.4. The number of carbonyl (C=O) groups excluding carboxylic acids is 1. The van der Waals surface area contributed by atoms with Crippen LogP contribution in [0.2, 0.25) is 10.0 Å². The van der Waals surface area contributed by atoms with Crippen LogP contribution in [0.15, 0.2) is 60.7 Å². The first-order chi connectivity index (χ1) is 13.4. The normalized spacial score (nSPS) is 11.5. The number of rotatable bonds is 4. The molecular weight excluding hydrogens is 391 g/mol. The average molecular weight is 409 g/mol. The number of benzene rings is 3. The zero-order chi connectivity index (χ0) is 20.3. The van der Waals surface area contributed by atoms with Crippen LogP contribution in [-0.2, 0) is 0 Å². The molecule has 3 rings (SSSR count). The topological polar surface area (TPSA) is 52.9 Å². The van der Waals surface area contributed by atoms with E-state index in [0.717, 1.165) is 16.7 Å². The third-order valence-corrected chi connectivity index (χ3v) is 5.09. The molecule has 0 aromatic heterocycles. The number of nitrogens with one attached hydrogen (secondary N) is 1. The van der Waals surface area contributed by atoms with E-state index >= 15 is 0 Å². The molecule has 3 aromatic rings. The molecule has 0 bridgehead atoms. The molecule has 5 heteroatoms. The Balaban J connectivity index is 1.91. The van der Waals surface area contributed by atoms with Crippen molar-refractivity contribution in [1.29, 1.82) is 5.26 Å². The SMILES string of the molecule is Cc1cccc(C(=O)Nc2cc(Cl)c(C(C#N)c3ccc(Cl)cc3)cc2C)c1. The number of hydrogen-bond donors (Lipinski definition) is 1. The zero-order valence-electron chi connectivity index (χ0n) is 15.5. The molecule has 0 spiro atoms. The molecule has 1 atom stereocenters. The second-order valence-electron chi connectivity index (χ2n) is 6.63. The summed E-state index contributed by atoms with van der Waals surface area (Å²) in [5.41, 5.74) is 4.54. The second kappa shape index (κ2) is 8.48. The number of anilines is 1. The number of halogens is 2. The minimum atomic E-state index is -0.523. The zero-order valence-corrected chi connectivity index (χ0v) is 17.0. The Labute approximate surface area is 174 Å². The number of hydrogen-bond acceptors (Lipinski definition) is 2. The number of aryl methyl sites for hydroxylation is 2. The second-order valence-corrected chi connectivity index (χ2v) is 7.47. The number of amides is 1. The van der Waals surface area contributed by atoms with E-state index in [0.29, 0.717) is 26.9 Å². The van der Waals surface area contributed by atoms with Crippen LogP contribution in [0, 0.1) is 25.2 Å². The number of nitriles is 1. The van der Waals surface area contributed by atoms with E-state index in [1.165, 1.54) is 0 Å². The molecule has 1 N–H and O–H groups in total. The summed E-state index contributed by atoms with van der Waals surface area (Å²) in [4.78, 5) is 12.5. The fourth-order valence-corrected chi connectivity index (χ4v) is 3.42. The molecule has 1 unspecified atom stereocenters. The molecule has 1 amide bonds. The van der Waals surface area contributed by atoms with Crippen LogP contribution in [0.3, 0.4) is 0 Å². The molecule has 0 aliphatic heterocycles. The smallest absolute Gasteiger partial charge is 0.255 e. The predicted molar refractivity (Wildman–Crippen MR) is 114 cm³/mol. The lowest BCUT2D eigenvalue weighted by atomic mass is 9.91. The molecule has 0 fully saturated rings. The summed E-state index contributed by atoms with van der Waals surface area (Å²) in [6.07, 6.45) is 0. The van der Waals surface area contributed by atoms with Gasteiger partial charge in [-0.3, -0.25) is 4.79 Å². The lowest BCUT2D eigenvalue weighted by Gasteiger charge is -2.16. The first-order valence-electron chi connectivity index (χ1n) is 8.72. The quantitative estimate of drug-likeness (QED) is 0.534. The molecule has 0 heterocycles. The maximum atomic E-state index is 12.5. The van der Waals surface area contributed by atoms with Crippen molar-refractivity contribution in [3.05, 3.63) is 98.5 Å². The van der Waals surface area contributed by atoms with Gasteiger partial charge in [0.1, 0.15) is 0 Å². The van der Waals surface area contributed by atoms with Crippen LogP contribution >= 0.6 is 23.2 Å². The molecule has 0 aliphatic rings. The van der Waals surface area contributed by atoms with Crippen LogP contribution in [0.25, 0.3) is 0 Å². The van der Waals surface area contributed by atoms with Gasteiger partial charge in [0.25, 0.3) is 5.91 Å². The Bertz CT molecular complexity index is 1070. The average Bonchev–Trinajstić information content (AvgIpc) is 2.67. The van der Waals surface area contributed by atoms with Gasteiger partial charge in [0.15, 0.2) is 0 Å². The lowest BCUT2D eigenvalue weighted by Crippen LogP contribution is -2.13. The molecule has 0 saturated carbocycles. The van der Waals surface area contributed by atoms with E-state index in [9.17, 15) is 10.1 Å². The van der Waals surface area contributed by atoms with Crippen molar-refractivity contribution in [3.8, 4) is 6.07 Å². The maximum absolute atomic E-state index is 12.5. The Morgan fingerprint density at radius 2 is 1.75 bits per heavy atom. The molecular formula is C23H18Cl2N2O. The van der Waals surface area contributed by atoms with Gasteiger partial charge in [0.05, 0.1) is 12.0 Å². The molecule has 0 radical (unpaired) electrons. The Morgan fingerprint density at radius 1 is 1.04 bits per heavy atom. The van der Waals surface area contributed by atoms with E-state index in [2.05, 4.69) is 11.4 Å². The van der Waals surface area contributed by atoms with E-state index < -0.39 is 5.92 Å². The Hall–Kier alpha value is -2.80. The van der Waals surface area contributed by atoms with Gasteiger partial charge in [-0.15, -0.1) is 0 Å². The van der Waals surface area contributed by atoms with Gasteiger partial charge in [-0.25, -0.2) is 0 Å². The molecule has 3 nitrogen and oxygen atoms in total. The maximum Gasteiger partial charge on any atom is 0.255 e. The fourth-order valence-electron chi connectivity index (χ4n) is 3.02. The van der Waals surface area contributed by atoms with Gasteiger partial charge in [-0.1, -0.05) is 59.1 Å². The van der Waals surface area contributed by atoms with Crippen molar-refractivity contribution in [2.75, 3.05) is 5.32 Å². The first kappa shape index (κ1) is 19.9. The monoisotopic (exact) mass is 408 g/mol. The lowest BCUT2D eigenvalue weighted by molar-refractivity contribution is 0.102. The minimum absolute atomic E-state index is 0.204. The molecule has 140 valence electrons. The molecule has 3 aromatic carbocycles. The van der Waals surface area contributed by atoms with Gasteiger partial charge < -0.3 is 5.32 Å². The summed E-state index contributed by atoms with van der Waals surface area (Å²) < 4.78 is 0. The first-order valence-corrected chi connectivity index (χ1v) is 9.48. The van der Waals surface area contributed by atoms with Crippen LogP contribution in [-0.4, -0.2) is 5.91 Å². The highest BCUT2D eigenvalue weighted by molar-refractivity contribution is 6.32. The summed E-state index contributed by atoms with van der Waals surface area (Å²) in [5, 5.41) is 13.6. The van der Waals surface area contributed by atoms with E-state index in [1.54, 1.807) is 24.3 Å². The van der Waals surface area contributed by atoms with E-state index in [1.807, 2.05) is 50.2 Å². The van der Waals surface area contributed by atoms with Crippen LogP contribution in [0.5, 0.6) is 0 Å². The summed E-state index contributed by atoms with van der Waals surface area (Å²) in [7, 11) is 0. The van der Waals surface area contributed by atoms with Gasteiger partial charge >= 0.3 is 0 Å². The summed E-state index contributed by atoms with van der Waals surface area (Å²) in [6, 6.07) is 20.3. The number of carbonyl (C=O) groups is 1. The third-order valence-electron chi connectivity index (χ3n) is 4.52. The van der Waals surface area contributed by atoms with Crippen LogP contribution in [0.4, 0.5) is 5.69 Å². The number of nitrogens with zero attached hydrogens (tertiary/aromatic N) is 1. The fraction of sp³-hybridized carbons (Fsp3) is 0.130. The van der Waals surface area contributed by atoms with Gasteiger partial charge in [0.2, 0.25) is 0 Å². The molecule has 28 heavy (non-hydrogen) atoms. The van der Waals surface area contributed by atoms with Crippen LogP contribution in [0.1, 0.15) is 38.5 Å². The van der Waals surface area contributed by atoms with Crippen molar-refractivity contribution < 1.29 is 4.79 Å². The molecule has 0 aliphatic carbocycles. The molecule has 0 saturated heterocycles. The van der Waals surface area contributed by atoms with Gasteiger partial charge in [-0.2, -0.15) is 5.26 Å². The minimum Gasteiger partial charge on any atom is -0.322 e. The summed E-state index contributed by atoms with van der Waals surface area (Å²) in [6.45, 7) is 3.81. The highest BCUT2D eigenvalue weighted by atomic mass is 35.5. The Morgan fingerprint density at radius 3 is 2.39 bits per heavy atom. The predicted octanol–water partition coefficient (Wildman–Crippen LogP) is 6.52. The highest BCUT2D eigenvalue weighted by Crippen LogP contribution is 2.34. The van der Waals surface area contributed by atoms with Gasteiger partial charge in [0, 0.05) is 21.3 Å². The van der Waals surface area contributed by atoms with Crippen molar-refractivity contribution in [2.45, 2.75) is 19.8 Å². The summed E-state index contributed by atoms with van der Waals surface area (Å²) in [5.74, 6) is -0.727. The van der Waals surface area contributed by atoms with E-state index in [-0.39, 0.29) is 5.91 Å². The van der Waals surface area contributed by atoms with Crippen LogP contribution < -0.4 is 5.32 Å². The van der Waals surface area contributed by atoms with Crippen molar-refractivity contribution in [1.82, 2.24) is 0 Å². The van der Waals surface area contributed by atoms with E-state index in [4.69, 9.17) is 23.2 Å². The van der Waals surface area contributed by atoms with Crippen molar-refractivity contribution in [2.24, 2.45) is 0 Å². The largest absolute Gasteiger partial charge is 0.322 e. The van der Waals surface area contributed by atoms with Crippen molar-refractivity contribution in [3.63, 3.8) is 0 Å². The van der Waals surface area contributed by atoms with Crippen molar-refractivity contribution >= 4 is 34.8 Å². The standard InChI is InChI=1S/C23H18Cl2N2O/c1-14-4-3-5-17(10-14)23(28)27-22-12-21(25)19(11-15(22)2)20(13-26)16-6-8-18(24)9-7-16/h3-12,20H,1-2H3,(H,27,28).